The van der Waals surface area contributed by atoms with E-state index in [1.54, 1.807) is 0 Å². The van der Waals surface area contributed by atoms with Crippen LogP contribution in [0.1, 0.15) is 53.9 Å². The van der Waals surface area contributed by atoms with Gasteiger partial charge in [-0.25, -0.2) is 9.63 Å². The van der Waals surface area contributed by atoms with Crippen LogP contribution in [0.15, 0.2) is 23.8 Å². The number of ether oxygens (including phenoxy) is 1. The van der Waals surface area contributed by atoms with E-state index < -0.39 is 0 Å². The predicted molar refractivity (Wildman–Crippen MR) is 88.0 cm³/mol. The number of rotatable bonds is 6. The van der Waals surface area contributed by atoms with Crippen molar-refractivity contribution < 1.29 is 9.53 Å². The summed E-state index contributed by atoms with van der Waals surface area (Å²) in [5, 5.41) is 0. The zero-order valence-corrected chi connectivity index (χ0v) is 14.5. The summed E-state index contributed by atoms with van der Waals surface area (Å²) in [7, 11) is 0. The molecule has 0 aromatic carbocycles. The van der Waals surface area contributed by atoms with Gasteiger partial charge in [0.2, 0.25) is 0 Å². The van der Waals surface area contributed by atoms with Crippen molar-refractivity contribution in [3.05, 3.63) is 23.8 Å². The van der Waals surface area contributed by atoms with Crippen LogP contribution in [0.5, 0.6) is 0 Å². The highest BCUT2D eigenvalue weighted by Gasteiger charge is 2.23. The molecule has 0 fully saturated rings. The van der Waals surface area contributed by atoms with Gasteiger partial charge in [-0.1, -0.05) is 39.0 Å². The summed E-state index contributed by atoms with van der Waals surface area (Å²) in [5.41, 5.74) is 0.941. The highest BCUT2D eigenvalue weighted by atomic mass is 35.5. The number of carbonyl (C=O) groups is 1. The van der Waals surface area contributed by atoms with Crippen molar-refractivity contribution >= 4 is 17.7 Å². The van der Waals surface area contributed by atoms with Gasteiger partial charge in [0.1, 0.15) is 0 Å². The zero-order valence-electron chi connectivity index (χ0n) is 13.8. The first kappa shape index (κ1) is 18.2. The molecule has 4 heteroatoms. The average Bonchev–Trinajstić information content (AvgIpc) is 2.38. The van der Waals surface area contributed by atoms with Crippen LogP contribution in [0.4, 0.5) is 0 Å². The van der Waals surface area contributed by atoms with E-state index in [1.807, 2.05) is 26.0 Å². The fraction of sp³-hybridized carbons (Fsp3) is 0.706. The van der Waals surface area contributed by atoms with Gasteiger partial charge in [0, 0.05) is 6.04 Å². The fourth-order valence-electron chi connectivity index (χ4n) is 2.31. The third-order valence-electron chi connectivity index (χ3n) is 3.57. The minimum absolute atomic E-state index is 0.0893. The Balaban J connectivity index is 2.55. The minimum atomic E-state index is -0.246. The summed E-state index contributed by atoms with van der Waals surface area (Å²) in [6.07, 6.45) is 8.72. The molecule has 0 amide bonds. The van der Waals surface area contributed by atoms with E-state index in [0.29, 0.717) is 16.9 Å². The highest BCUT2D eigenvalue weighted by molar-refractivity contribution is 6.13. The fourth-order valence-corrected chi connectivity index (χ4v) is 2.58. The molecular weight excluding hydrogens is 286 g/mol. The Labute approximate surface area is 133 Å². The summed E-state index contributed by atoms with van der Waals surface area (Å²) < 4.78 is 5.20. The van der Waals surface area contributed by atoms with Crippen molar-refractivity contribution in [3.8, 4) is 0 Å². The number of hydrogen-bond donors (Lipinski definition) is 1. The summed E-state index contributed by atoms with van der Waals surface area (Å²) in [6, 6.07) is 0.223. The second-order valence-electron chi connectivity index (χ2n) is 7.19. The first-order chi connectivity index (χ1) is 9.73. The number of halogens is 1. The van der Waals surface area contributed by atoms with E-state index in [0.717, 1.165) is 19.3 Å². The smallest absolute Gasteiger partial charge is 0.338 e. The molecule has 1 aliphatic rings. The third-order valence-corrected chi connectivity index (χ3v) is 3.85. The zero-order chi connectivity index (χ0) is 16.0. The maximum atomic E-state index is 11.8. The lowest BCUT2D eigenvalue weighted by Crippen LogP contribution is -2.31. The minimum Gasteiger partial charge on any atom is -0.459 e. The van der Waals surface area contributed by atoms with Crippen LogP contribution >= 0.6 is 11.8 Å². The lowest BCUT2D eigenvalue weighted by atomic mass is 9.83. The topological polar surface area (TPSA) is 38.3 Å². The number of allylic oxidation sites excluding steroid dienone is 1. The van der Waals surface area contributed by atoms with Crippen LogP contribution < -0.4 is 4.84 Å². The molecule has 0 heterocycles. The van der Waals surface area contributed by atoms with E-state index in [-0.39, 0.29) is 18.1 Å². The van der Waals surface area contributed by atoms with E-state index in [9.17, 15) is 4.79 Å². The SMILES string of the molecule is CC(C)OC(=O)C1=CCC([C@@H](CCC(C)(C)C)NCl)C=C1. The Hall–Kier alpha value is -0.800. The molecule has 1 rings (SSSR count). The molecule has 0 saturated carbocycles. The molecule has 120 valence electrons. The van der Waals surface area contributed by atoms with Crippen LogP contribution in [0.2, 0.25) is 0 Å². The van der Waals surface area contributed by atoms with E-state index in [1.165, 1.54) is 0 Å². The van der Waals surface area contributed by atoms with E-state index in [2.05, 4.69) is 31.7 Å². The Morgan fingerprint density at radius 3 is 2.57 bits per heavy atom. The Morgan fingerprint density at radius 2 is 2.14 bits per heavy atom. The van der Waals surface area contributed by atoms with Crippen molar-refractivity contribution in [2.75, 3.05) is 0 Å². The number of carbonyl (C=O) groups excluding carboxylic acids is 1. The molecule has 0 aliphatic heterocycles. The van der Waals surface area contributed by atoms with Gasteiger partial charge in [0.25, 0.3) is 0 Å². The molecule has 2 atom stereocenters. The highest BCUT2D eigenvalue weighted by Crippen LogP contribution is 2.28. The normalized spacial score (nSPS) is 20.3. The predicted octanol–water partition coefficient (Wildman–Crippen LogP) is 4.38. The van der Waals surface area contributed by atoms with Gasteiger partial charge in [0.05, 0.1) is 11.7 Å². The molecule has 0 aromatic heterocycles. The molecule has 1 unspecified atom stereocenters. The maximum absolute atomic E-state index is 11.8. The van der Waals surface area contributed by atoms with Crippen LogP contribution in [0.25, 0.3) is 0 Å². The summed E-state index contributed by atoms with van der Waals surface area (Å²) >= 11 is 5.90. The van der Waals surface area contributed by atoms with Crippen LogP contribution in [-0.4, -0.2) is 18.1 Å². The monoisotopic (exact) mass is 313 g/mol. The van der Waals surface area contributed by atoms with Gasteiger partial charge in [-0.15, -0.1) is 0 Å². The molecule has 0 spiro atoms. The number of esters is 1. The quantitative estimate of drug-likeness (QED) is 0.584. The standard InChI is InChI=1S/C17H28ClNO2/c1-12(2)21-16(20)14-8-6-13(7-9-14)15(19-18)10-11-17(3,4)5/h6,8-9,12-13,15,19H,7,10-11H2,1-5H3/t13?,15-/m1/s1. The van der Waals surface area contributed by atoms with Crippen LogP contribution in [0, 0.1) is 11.3 Å². The summed E-state index contributed by atoms with van der Waals surface area (Å²) in [5.74, 6) is 0.0743. The van der Waals surface area contributed by atoms with Gasteiger partial charge in [0.15, 0.2) is 0 Å². The number of hydrogen-bond acceptors (Lipinski definition) is 3. The van der Waals surface area contributed by atoms with E-state index in [4.69, 9.17) is 16.5 Å². The maximum Gasteiger partial charge on any atom is 0.338 e. The lowest BCUT2D eigenvalue weighted by Gasteiger charge is -2.27. The first-order valence-corrected chi connectivity index (χ1v) is 8.06. The average molecular weight is 314 g/mol. The Bertz CT molecular complexity index is 408. The van der Waals surface area contributed by atoms with Crippen LogP contribution in [-0.2, 0) is 9.53 Å². The third kappa shape index (κ3) is 6.66. The molecule has 0 aromatic rings. The van der Waals surface area contributed by atoms with Gasteiger partial charge in [-0.3, -0.25) is 0 Å². The molecule has 21 heavy (non-hydrogen) atoms. The molecule has 3 nitrogen and oxygen atoms in total. The molecule has 0 bridgehead atoms. The molecule has 0 saturated heterocycles. The first-order valence-electron chi connectivity index (χ1n) is 7.68. The van der Waals surface area contributed by atoms with Crippen molar-refractivity contribution in [3.63, 3.8) is 0 Å². The Kier molecular flexibility index (Phi) is 6.95. The largest absolute Gasteiger partial charge is 0.459 e. The Morgan fingerprint density at radius 1 is 1.48 bits per heavy atom. The molecule has 1 aliphatic carbocycles. The van der Waals surface area contributed by atoms with Gasteiger partial charge < -0.3 is 4.74 Å². The van der Waals surface area contributed by atoms with Crippen molar-refractivity contribution in [2.24, 2.45) is 11.3 Å². The lowest BCUT2D eigenvalue weighted by molar-refractivity contribution is -0.142. The summed E-state index contributed by atoms with van der Waals surface area (Å²) in [4.78, 5) is 14.7. The van der Waals surface area contributed by atoms with Gasteiger partial charge in [-0.05, 0) is 56.2 Å². The molecule has 0 radical (unpaired) electrons. The second-order valence-corrected chi connectivity index (χ2v) is 7.41. The van der Waals surface area contributed by atoms with Crippen LogP contribution in [0.3, 0.4) is 0 Å². The summed E-state index contributed by atoms with van der Waals surface area (Å²) in [6.45, 7) is 10.4. The van der Waals surface area contributed by atoms with Gasteiger partial charge in [-0.2, -0.15) is 0 Å². The second kappa shape index (κ2) is 8.00. The van der Waals surface area contributed by atoms with Crippen molar-refractivity contribution in [1.29, 1.82) is 0 Å². The molecule has 1 N–H and O–H groups in total. The van der Waals surface area contributed by atoms with E-state index >= 15 is 0 Å². The van der Waals surface area contributed by atoms with Gasteiger partial charge >= 0.3 is 5.97 Å². The van der Waals surface area contributed by atoms with Crippen molar-refractivity contribution in [1.82, 2.24) is 4.84 Å². The molecular formula is C17H28ClNO2. The number of nitrogens with one attached hydrogen (secondary N) is 1. The van der Waals surface area contributed by atoms with Crippen molar-refractivity contribution in [2.45, 2.75) is 66.0 Å².